The van der Waals surface area contributed by atoms with E-state index in [4.69, 9.17) is 0 Å². The fraction of sp³-hybridized carbons (Fsp3) is 0.583. The molecule has 1 aliphatic heterocycles. The maximum absolute atomic E-state index is 14.0. The van der Waals surface area contributed by atoms with Crippen molar-refractivity contribution < 1.29 is 14.0 Å². The van der Waals surface area contributed by atoms with Crippen molar-refractivity contribution in [3.8, 4) is 0 Å². The highest BCUT2D eigenvalue weighted by molar-refractivity contribution is 7.21. The van der Waals surface area contributed by atoms with Gasteiger partial charge < -0.3 is 4.90 Å². The summed E-state index contributed by atoms with van der Waals surface area (Å²) >= 11 is 1.39. The van der Waals surface area contributed by atoms with Gasteiger partial charge in [-0.25, -0.2) is 4.39 Å². The molecule has 29 heavy (non-hydrogen) atoms. The first-order valence-corrected chi connectivity index (χ1v) is 11.6. The molecule has 2 fully saturated rings. The van der Waals surface area contributed by atoms with Gasteiger partial charge in [0.2, 0.25) is 5.91 Å². The second kappa shape index (κ2) is 7.82. The summed E-state index contributed by atoms with van der Waals surface area (Å²) in [5.41, 5.74) is 0.165. The zero-order valence-corrected chi connectivity index (χ0v) is 18.4. The molecule has 0 unspecified atom stereocenters. The lowest BCUT2D eigenvalue weighted by atomic mass is 9.75. The highest BCUT2D eigenvalue weighted by Gasteiger charge is 2.34. The van der Waals surface area contributed by atoms with Crippen molar-refractivity contribution in [3.63, 3.8) is 0 Å². The van der Waals surface area contributed by atoms with E-state index in [9.17, 15) is 14.0 Å². The van der Waals surface area contributed by atoms with Crippen LogP contribution in [0.2, 0.25) is 0 Å². The van der Waals surface area contributed by atoms with Crippen molar-refractivity contribution in [1.82, 2.24) is 4.90 Å². The molecule has 2 aliphatic rings. The number of hydrogen-bond donors (Lipinski definition) is 0. The molecule has 1 amide bonds. The van der Waals surface area contributed by atoms with E-state index in [-0.39, 0.29) is 23.9 Å². The van der Waals surface area contributed by atoms with E-state index in [2.05, 4.69) is 0 Å². The average molecular weight is 416 g/mol. The number of Topliss-reactive ketones (excluding diaryl/α,β-unsaturated/α-hetero) is 1. The molecule has 1 saturated carbocycles. The minimum Gasteiger partial charge on any atom is -0.342 e. The van der Waals surface area contributed by atoms with E-state index in [0.29, 0.717) is 21.7 Å². The van der Waals surface area contributed by atoms with Gasteiger partial charge in [0.25, 0.3) is 0 Å². The summed E-state index contributed by atoms with van der Waals surface area (Å²) in [5, 5.41) is 0.712. The summed E-state index contributed by atoms with van der Waals surface area (Å²) < 4.78 is 14.8. The van der Waals surface area contributed by atoms with Crippen LogP contribution in [0.25, 0.3) is 10.1 Å². The van der Waals surface area contributed by atoms with Crippen LogP contribution in [0.4, 0.5) is 4.39 Å². The molecule has 0 radical (unpaired) electrons. The Bertz CT molecular complexity index is 942. The summed E-state index contributed by atoms with van der Waals surface area (Å²) in [5.74, 6) is 1.14. The Labute approximate surface area is 176 Å². The molecule has 4 rings (SSSR count). The molecule has 1 aliphatic carbocycles. The summed E-state index contributed by atoms with van der Waals surface area (Å²) in [6.07, 6.45) is 6.36. The van der Waals surface area contributed by atoms with E-state index < -0.39 is 5.41 Å². The first-order chi connectivity index (χ1) is 13.7. The Hall–Kier alpha value is -1.75. The Morgan fingerprint density at radius 3 is 2.59 bits per heavy atom. The van der Waals surface area contributed by atoms with Gasteiger partial charge in [0.1, 0.15) is 5.82 Å². The zero-order valence-electron chi connectivity index (χ0n) is 17.6. The van der Waals surface area contributed by atoms with Crippen molar-refractivity contribution >= 4 is 33.1 Å². The van der Waals surface area contributed by atoms with Gasteiger partial charge in [0, 0.05) is 23.2 Å². The quantitative estimate of drug-likeness (QED) is 0.590. The normalized spacial score (nSPS) is 22.6. The van der Waals surface area contributed by atoms with Gasteiger partial charge in [0.05, 0.1) is 11.3 Å². The van der Waals surface area contributed by atoms with Crippen LogP contribution in [0.15, 0.2) is 18.2 Å². The van der Waals surface area contributed by atoms with Gasteiger partial charge in [-0.2, -0.15) is 0 Å². The molecule has 3 nitrogen and oxygen atoms in total. The molecule has 0 N–H and O–H groups in total. The molecule has 0 bridgehead atoms. The Morgan fingerprint density at radius 2 is 1.86 bits per heavy atom. The number of carbonyl (C=O) groups is 2. The summed E-state index contributed by atoms with van der Waals surface area (Å²) in [4.78, 5) is 28.9. The Morgan fingerprint density at radius 1 is 1.14 bits per heavy atom. The molecule has 1 aromatic carbocycles. The van der Waals surface area contributed by atoms with Gasteiger partial charge >= 0.3 is 0 Å². The largest absolute Gasteiger partial charge is 0.342 e. The summed E-state index contributed by atoms with van der Waals surface area (Å²) in [7, 11) is 0. The third-order valence-electron chi connectivity index (χ3n) is 6.61. The van der Waals surface area contributed by atoms with E-state index in [1.807, 2.05) is 25.7 Å². The lowest BCUT2D eigenvalue weighted by Crippen LogP contribution is -2.45. The number of halogens is 1. The van der Waals surface area contributed by atoms with Crippen LogP contribution in [-0.2, 0) is 11.2 Å². The van der Waals surface area contributed by atoms with Crippen molar-refractivity contribution in [3.05, 3.63) is 34.5 Å². The summed E-state index contributed by atoms with van der Waals surface area (Å²) in [6.45, 7) is 7.31. The van der Waals surface area contributed by atoms with Crippen LogP contribution in [-0.4, -0.2) is 29.7 Å². The number of hydrogen-bond acceptors (Lipinski definition) is 3. The van der Waals surface area contributed by atoms with E-state index in [1.54, 1.807) is 6.07 Å². The SMILES string of the molecule is CC(C)(C)C(=O)c1sc2ccc(F)cc2c1CC(=O)N1CC[C@@H]2CCCC[C@H]2C1. The minimum absolute atomic E-state index is 0.0212. The molecule has 2 atom stereocenters. The number of piperidine rings is 1. The molecule has 2 heterocycles. The standard InChI is InChI=1S/C24H30FNO2S/c1-24(2,3)23(28)22-19(18-12-17(25)8-9-20(18)29-22)13-21(27)26-11-10-15-6-4-5-7-16(15)14-26/h8-9,12,15-16H,4-7,10-11,13-14H2,1-3H3/t15-,16-/m0/s1. The first kappa shape index (κ1) is 20.5. The number of likely N-dealkylation sites (tertiary alicyclic amines) is 1. The van der Waals surface area contributed by atoms with Crippen LogP contribution < -0.4 is 0 Å². The van der Waals surface area contributed by atoms with Crippen molar-refractivity contribution in [1.29, 1.82) is 0 Å². The van der Waals surface area contributed by atoms with E-state index in [0.717, 1.165) is 30.1 Å². The number of carbonyl (C=O) groups excluding carboxylic acids is 2. The molecule has 156 valence electrons. The summed E-state index contributed by atoms with van der Waals surface area (Å²) in [6, 6.07) is 4.61. The molecule has 0 spiro atoms. The predicted molar refractivity (Wildman–Crippen MR) is 116 cm³/mol. The van der Waals surface area contributed by atoms with Crippen molar-refractivity contribution in [2.45, 2.75) is 59.3 Å². The molecule has 1 aromatic heterocycles. The fourth-order valence-corrected chi connectivity index (χ4v) is 6.26. The topological polar surface area (TPSA) is 37.4 Å². The van der Waals surface area contributed by atoms with Crippen LogP contribution in [0.3, 0.4) is 0 Å². The highest BCUT2D eigenvalue weighted by Crippen LogP contribution is 2.38. The van der Waals surface area contributed by atoms with Crippen LogP contribution in [0, 0.1) is 23.1 Å². The molecule has 1 saturated heterocycles. The van der Waals surface area contributed by atoms with Gasteiger partial charge in [-0.05, 0) is 53.8 Å². The maximum Gasteiger partial charge on any atom is 0.227 e. The van der Waals surface area contributed by atoms with Crippen LogP contribution >= 0.6 is 11.3 Å². The minimum atomic E-state index is -0.544. The number of ketones is 1. The van der Waals surface area contributed by atoms with E-state index in [1.165, 1.54) is 49.2 Å². The van der Waals surface area contributed by atoms with Gasteiger partial charge in [0.15, 0.2) is 5.78 Å². The number of rotatable bonds is 3. The van der Waals surface area contributed by atoms with Crippen molar-refractivity contribution in [2.24, 2.45) is 17.3 Å². The van der Waals surface area contributed by atoms with Crippen molar-refractivity contribution in [2.75, 3.05) is 13.1 Å². The first-order valence-electron chi connectivity index (χ1n) is 10.8. The van der Waals surface area contributed by atoms with Gasteiger partial charge in [-0.1, -0.05) is 40.0 Å². The third kappa shape index (κ3) is 4.11. The second-order valence-corrected chi connectivity index (χ2v) is 10.8. The molecule has 5 heteroatoms. The zero-order chi connectivity index (χ0) is 20.8. The van der Waals surface area contributed by atoms with Crippen LogP contribution in [0.5, 0.6) is 0 Å². The number of thiophene rings is 1. The predicted octanol–water partition coefficient (Wildman–Crippen LogP) is 5.85. The number of fused-ring (bicyclic) bond motifs is 2. The monoisotopic (exact) mass is 415 g/mol. The average Bonchev–Trinajstić information content (AvgIpc) is 3.03. The van der Waals surface area contributed by atoms with Gasteiger partial charge in [-0.3, -0.25) is 9.59 Å². The van der Waals surface area contributed by atoms with Crippen LogP contribution in [0.1, 0.15) is 68.1 Å². The molecule has 2 aromatic rings. The number of benzene rings is 1. The number of amides is 1. The maximum atomic E-state index is 14.0. The number of nitrogens with zero attached hydrogens (tertiary/aromatic N) is 1. The lowest BCUT2D eigenvalue weighted by molar-refractivity contribution is -0.133. The molecular formula is C24H30FNO2S. The van der Waals surface area contributed by atoms with E-state index >= 15 is 0 Å². The fourth-order valence-electron chi connectivity index (χ4n) is 4.91. The lowest BCUT2D eigenvalue weighted by Gasteiger charge is -2.41. The van der Waals surface area contributed by atoms with Gasteiger partial charge in [-0.15, -0.1) is 11.3 Å². The Kier molecular flexibility index (Phi) is 5.54. The second-order valence-electron chi connectivity index (χ2n) is 9.74. The third-order valence-corrected chi connectivity index (χ3v) is 7.82. The molecular weight excluding hydrogens is 385 g/mol. The Balaban J connectivity index is 1.63. The smallest absolute Gasteiger partial charge is 0.227 e. The highest BCUT2D eigenvalue weighted by atomic mass is 32.1.